The minimum absolute atomic E-state index is 0.286. The SMILES string of the molecule is CCN1CCCC(C(C)Nc2cncc(F)c2)C1. The summed E-state index contributed by atoms with van der Waals surface area (Å²) < 4.78 is 13.1. The van der Waals surface area contributed by atoms with Crippen molar-refractivity contribution in [3.63, 3.8) is 0 Å². The van der Waals surface area contributed by atoms with Crippen LogP contribution in [-0.2, 0) is 0 Å². The lowest BCUT2D eigenvalue weighted by Crippen LogP contribution is -2.41. The molecule has 1 aromatic rings. The van der Waals surface area contributed by atoms with Gasteiger partial charge in [0.1, 0.15) is 5.82 Å². The lowest BCUT2D eigenvalue weighted by atomic mass is 9.91. The second-order valence-corrected chi connectivity index (χ2v) is 5.12. The highest BCUT2D eigenvalue weighted by atomic mass is 19.1. The molecule has 0 amide bonds. The van der Waals surface area contributed by atoms with Crippen LogP contribution >= 0.6 is 0 Å². The van der Waals surface area contributed by atoms with Gasteiger partial charge in [0.05, 0.1) is 18.1 Å². The normalized spacial score (nSPS) is 22.7. The van der Waals surface area contributed by atoms with Crippen LogP contribution in [0.25, 0.3) is 0 Å². The molecule has 100 valence electrons. The lowest BCUT2D eigenvalue weighted by molar-refractivity contribution is 0.172. The minimum Gasteiger partial charge on any atom is -0.381 e. The second-order valence-electron chi connectivity index (χ2n) is 5.12. The van der Waals surface area contributed by atoms with Gasteiger partial charge in [0, 0.05) is 18.7 Å². The summed E-state index contributed by atoms with van der Waals surface area (Å²) in [6, 6.07) is 1.85. The number of pyridine rings is 1. The van der Waals surface area contributed by atoms with E-state index in [1.807, 2.05) is 0 Å². The monoisotopic (exact) mass is 251 g/mol. The molecule has 2 rings (SSSR count). The van der Waals surface area contributed by atoms with E-state index in [0.29, 0.717) is 12.0 Å². The Hall–Kier alpha value is -1.16. The molecule has 18 heavy (non-hydrogen) atoms. The Bertz CT molecular complexity index is 383. The van der Waals surface area contributed by atoms with E-state index in [2.05, 4.69) is 29.0 Å². The van der Waals surface area contributed by atoms with E-state index < -0.39 is 0 Å². The average Bonchev–Trinajstić information content (AvgIpc) is 2.39. The highest BCUT2D eigenvalue weighted by Gasteiger charge is 2.23. The fraction of sp³-hybridized carbons (Fsp3) is 0.643. The van der Waals surface area contributed by atoms with E-state index >= 15 is 0 Å². The number of halogens is 1. The van der Waals surface area contributed by atoms with Crippen molar-refractivity contribution in [1.29, 1.82) is 0 Å². The first-order valence-corrected chi connectivity index (χ1v) is 6.78. The number of hydrogen-bond acceptors (Lipinski definition) is 3. The van der Waals surface area contributed by atoms with E-state index in [1.54, 1.807) is 6.20 Å². The van der Waals surface area contributed by atoms with Crippen molar-refractivity contribution in [2.24, 2.45) is 5.92 Å². The van der Waals surface area contributed by atoms with Gasteiger partial charge in [-0.25, -0.2) is 4.39 Å². The predicted octanol–water partition coefficient (Wildman–Crippen LogP) is 2.75. The third-order valence-electron chi connectivity index (χ3n) is 3.80. The van der Waals surface area contributed by atoms with Gasteiger partial charge in [-0.3, -0.25) is 4.98 Å². The zero-order valence-electron chi connectivity index (χ0n) is 11.2. The van der Waals surface area contributed by atoms with Crippen molar-refractivity contribution < 1.29 is 4.39 Å². The molecule has 3 nitrogen and oxygen atoms in total. The second kappa shape index (κ2) is 6.14. The Kier molecular flexibility index (Phi) is 4.53. The molecule has 4 heteroatoms. The van der Waals surface area contributed by atoms with Crippen molar-refractivity contribution >= 4 is 5.69 Å². The molecular weight excluding hydrogens is 229 g/mol. The summed E-state index contributed by atoms with van der Waals surface area (Å²) in [6.07, 6.45) is 5.41. The minimum atomic E-state index is -0.286. The number of aromatic nitrogens is 1. The molecule has 0 bridgehead atoms. The molecule has 1 aliphatic rings. The van der Waals surface area contributed by atoms with Crippen LogP contribution in [0.4, 0.5) is 10.1 Å². The number of hydrogen-bond donors (Lipinski definition) is 1. The van der Waals surface area contributed by atoms with Crippen LogP contribution in [0, 0.1) is 11.7 Å². The van der Waals surface area contributed by atoms with Gasteiger partial charge in [0.2, 0.25) is 0 Å². The fourth-order valence-corrected chi connectivity index (χ4v) is 2.66. The molecule has 2 heterocycles. The predicted molar refractivity (Wildman–Crippen MR) is 72.1 cm³/mol. The summed E-state index contributed by atoms with van der Waals surface area (Å²) in [5.74, 6) is 0.341. The molecule has 0 radical (unpaired) electrons. The van der Waals surface area contributed by atoms with Gasteiger partial charge >= 0.3 is 0 Å². The van der Waals surface area contributed by atoms with Crippen molar-refractivity contribution in [2.75, 3.05) is 25.0 Å². The van der Waals surface area contributed by atoms with E-state index in [-0.39, 0.29) is 5.82 Å². The number of piperidine rings is 1. The smallest absolute Gasteiger partial charge is 0.143 e. The average molecular weight is 251 g/mol. The largest absolute Gasteiger partial charge is 0.381 e. The van der Waals surface area contributed by atoms with Gasteiger partial charge in [-0.2, -0.15) is 0 Å². The molecule has 2 atom stereocenters. The van der Waals surface area contributed by atoms with Gasteiger partial charge in [0.15, 0.2) is 0 Å². The van der Waals surface area contributed by atoms with Crippen molar-refractivity contribution in [3.05, 3.63) is 24.3 Å². The molecule has 0 saturated carbocycles. The molecule has 0 aliphatic carbocycles. The standard InChI is InChI=1S/C14H22FN3/c1-3-18-6-4-5-12(10-18)11(2)17-14-7-13(15)8-16-9-14/h7-9,11-12,17H,3-6,10H2,1-2H3. The van der Waals surface area contributed by atoms with Crippen LogP contribution in [-0.4, -0.2) is 35.6 Å². The Labute approximate surface area is 108 Å². The van der Waals surface area contributed by atoms with Crippen molar-refractivity contribution in [1.82, 2.24) is 9.88 Å². The number of anilines is 1. The Morgan fingerprint density at radius 1 is 1.56 bits per heavy atom. The number of nitrogens with zero attached hydrogens (tertiary/aromatic N) is 2. The molecule has 0 aromatic carbocycles. The third kappa shape index (κ3) is 3.42. The number of rotatable bonds is 4. The summed E-state index contributed by atoms with van der Waals surface area (Å²) in [4.78, 5) is 6.35. The molecule has 1 fully saturated rings. The molecule has 1 saturated heterocycles. The van der Waals surface area contributed by atoms with Crippen molar-refractivity contribution in [2.45, 2.75) is 32.7 Å². The topological polar surface area (TPSA) is 28.2 Å². The molecule has 1 N–H and O–H groups in total. The Balaban J connectivity index is 1.93. The highest BCUT2D eigenvalue weighted by molar-refractivity contribution is 5.41. The zero-order valence-corrected chi connectivity index (χ0v) is 11.2. The quantitative estimate of drug-likeness (QED) is 0.892. The summed E-state index contributed by atoms with van der Waals surface area (Å²) in [6.45, 7) is 7.84. The zero-order chi connectivity index (χ0) is 13.0. The molecular formula is C14H22FN3. The van der Waals surface area contributed by atoms with Crippen LogP contribution < -0.4 is 5.32 Å². The van der Waals surface area contributed by atoms with Crippen LogP contribution in [0.1, 0.15) is 26.7 Å². The lowest BCUT2D eigenvalue weighted by Gasteiger charge is -2.35. The van der Waals surface area contributed by atoms with Gasteiger partial charge in [-0.05, 0) is 38.8 Å². The maximum Gasteiger partial charge on any atom is 0.143 e. The number of nitrogens with one attached hydrogen (secondary N) is 1. The van der Waals surface area contributed by atoms with Crippen molar-refractivity contribution in [3.8, 4) is 0 Å². The maximum atomic E-state index is 13.1. The van der Waals surface area contributed by atoms with Gasteiger partial charge in [-0.1, -0.05) is 6.92 Å². The van der Waals surface area contributed by atoms with Crippen LogP contribution in [0.5, 0.6) is 0 Å². The first-order valence-electron chi connectivity index (χ1n) is 6.78. The van der Waals surface area contributed by atoms with E-state index in [0.717, 1.165) is 18.8 Å². The summed E-state index contributed by atoms with van der Waals surface area (Å²) in [5, 5.41) is 3.37. The molecule has 1 aliphatic heterocycles. The van der Waals surface area contributed by atoms with Gasteiger partial charge < -0.3 is 10.2 Å². The third-order valence-corrected chi connectivity index (χ3v) is 3.80. The Morgan fingerprint density at radius 3 is 3.11 bits per heavy atom. The first kappa shape index (κ1) is 13.3. The summed E-state index contributed by atoms with van der Waals surface area (Å²) in [5.41, 5.74) is 0.774. The van der Waals surface area contributed by atoms with E-state index in [4.69, 9.17) is 0 Å². The van der Waals surface area contributed by atoms with Gasteiger partial charge in [0.25, 0.3) is 0 Å². The van der Waals surface area contributed by atoms with Crippen LogP contribution in [0.3, 0.4) is 0 Å². The Morgan fingerprint density at radius 2 is 2.39 bits per heavy atom. The number of likely N-dealkylation sites (tertiary alicyclic amines) is 1. The van der Waals surface area contributed by atoms with Gasteiger partial charge in [-0.15, -0.1) is 0 Å². The van der Waals surface area contributed by atoms with E-state index in [9.17, 15) is 4.39 Å². The first-order chi connectivity index (χ1) is 8.69. The molecule has 1 aromatic heterocycles. The molecule has 2 unspecified atom stereocenters. The van der Waals surface area contributed by atoms with Crippen LogP contribution in [0.2, 0.25) is 0 Å². The highest BCUT2D eigenvalue weighted by Crippen LogP contribution is 2.22. The summed E-state index contributed by atoms with van der Waals surface area (Å²) in [7, 11) is 0. The molecule has 0 spiro atoms. The van der Waals surface area contributed by atoms with E-state index in [1.165, 1.54) is 31.6 Å². The van der Waals surface area contributed by atoms with Crippen LogP contribution in [0.15, 0.2) is 18.5 Å². The fourth-order valence-electron chi connectivity index (χ4n) is 2.66. The summed E-state index contributed by atoms with van der Waals surface area (Å²) >= 11 is 0. The maximum absolute atomic E-state index is 13.1.